The molecule has 3 heterocycles. The first-order chi connectivity index (χ1) is 14.0. The first-order valence-corrected chi connectivity index (χ1v) is 11.1. The quantitative estimate of drug-likeness (QED) is 0.667. The lowest BCUT2D eigenvalue weighted by molar-refractivity contribution is 0.431. The Hall–Kier alpha value is -2.26. The van der Waals surface area contributed by atoms with Gasteiger partial charge in [0.1, 0.15) is 10.7 Å². The number of aromatic nitrogens is 1. The molecule has 0 radical (unpaired) electrons. The molecule has 158 valence electrons. The molecule has 5 rings (SSSR count). The van der Waals surface area contributed by atoms with E-state index in [0.717, 1.165) is 48.3 Å². The van der Waals surface area contributed by atoms with Crippen LogP contribution in [0.1, 0.15) is 11.1 Å². The second-order valence-electron chi connectivity index (χ2n) is 7.44. The number of hydrogen-bond acceptors (Lipinski definition) is 5. The van der Waals surface area contributed by atoms with Crippen molar-refractivity contribution in [1.29, 1.82) is 0 Å². The number of halogens is 2. The number of fused-ring (bicyclic) bond motifs is 2. The summed E-state index contributed by atoms with van der Waals surface area (Å²) in [6.07, 6.45) is 1.44. The number of pyridine rings is 1. The van der Waals surface area contributed by atoms with Crippen molar-refractivity contribution < 1.29 is 12.8 Å². The molecule has 1 fully saturated rings. The van der Waals surface area contributed by atoms with Gasteiger partial charge in [0.2, 0.25) is 10.0 Å². The number of rotatable bonds is 3. The van der Waals surface area contributed by atoms with Crippen molar-refractivity contribution >= 4 is 39.0 Å². The third-order valence-electron chi connectivity index (χ3n) is 5.62. The van der Waals surface area contributed by atoms with Gasteiger partial charge in [-0.15, -0.1) is 12.4 Å². The predicted octanol–water partition coefficient (Wildman–Crippen LogP) is 2.91. The van der Waals surface area contributed by atoms with Crippen molar-refractivity contribution in [3.63, 3.8) is 0 Å². The molecule has 2 aliphatic rings. The number of hydrogen-bond donors (Lipinski definition) is 1. The summed E-state index contributed by atoms with van der Waals surface area (Å²) in [5, 5.41) is 4.13. The van der Waals surface area contributed by atoms with Gasteiger partial charge in [0.25, 0.3) is 0 Å². The molecule has 2 aromatic carbocycles. The van der Waals surface area contributed by atoms with E-state index in [4.69, 9.17) is 0 Å². The van der Waals surface area contributed by atoms with E-state index >= 15 is 0 Å². The summed E-state index contributed by atoms with van der Waals surface area (Å²) in [4.78, 5) is 6.96. The van der Waals surface area contributed by atoms with Crippen molar-refractivity contribution in [1.82, 2.24) is 14.6 Å². The van der Waals surface area contributed by atoms with Crippen LogP contribution in [0, 0.1) is 5.82 Å². The van der Waals surface area contributed by atoms with Crippen molar-refractivity contribution in [2.75, 3.05) is 31.1 Å². The summed E-state index contributed by atoms with van der Waals surface area (Å²) >= 11 is 0. The Morgan fingerprint density at radius 3 is 2.57 bits per heavy atom. The fourth-order valence-corrected chi connectivity index (χ4v) is 5.46. The summed E-state index contributed by atoms with van der Waals surface area (Å²) in [6.45, 7) is 4.04. The van der Waals surface area contributed by atoms with Crippen LogP contribution < -0.4 is 10.2 Å². The SMILES string of the molecule is Cl.O=S(=O)(c1cnc2c(N3CCNCC3)cccc2c1)N1Cc2ccc(F)cc2C1. The minimum absolute atomic E-state index is 0. The number of nitrogens with one attached hydrogen (secondary N) is 1. The first kappa shape index (κ1) is 21.0. The molecule has 1 aromatic heterocycles. The van der Waals surface area contributed by atoms with Gasteiger partial charge in [-0.05, 0) is 35.4 Å². The molecule has 0 aliphatic carbocycles. The molecular formula is C21H22ClFN4O2S. The van der Waals surface area contributed by atoms with Crippen LogP contribution in [0.15, 0.2) is 53.6 Å². The number of piperazine rings is 1. The van der Waals surface area contributed by atoms with Gasteiger partial charge in [0.15, 0.2) is 0 Å². The van der Waals surface area contributed by atoms with E-state index in [1.165, 1.54) is 22.6 Å². The molecule has 0 atom stereocenters. The molecule has 0 bridgehead atoms. The minimum atomic E-state index is -3.72. The van der Waals surface area contributed by atoms with E-state index in [-0.39, 0.29) is 36.2 Å². The van der Waals surface area contributed by atoms with E-state index in [0.29, 0.717) is 5.56 Å². The van der Waals surface area contributed by atoms with E-state index in [9.17, 15) is 12.8 Å². The highest BCUT2D eigenvalue weighted by atomic mass is 35.5. The summed E-state index contributed by atoms with van der Waals surface area (Å²) < 4.78 is 41.2. The van der Waals surface area contributed by atoms with Crippen LogP contribution in [0.5, 0.6) is 0 Å². The smallest absolute Gasteiger partial charge is 0.245 e. The Balaban J connectivity index is 0.00000218. The molecule has 0 spiro atoms. The van der Waals surface area contributed by atoms with Gasteiger partial charge >= 0.3 is 0 Å². The Morgan fingerprint density at radius 2 is 1.77 bits per heavy atom. The monoisotopic (exact) mass is 448 g/mol. The standard InChI is InChI=1S/C21H21FN4O2S.ClH/c22-18-5-4-16-13-26(14-17(16)10-18)29(27,28)19-11-15-2-1-3-20(21(15)24-12-19)25-8-6-23-7-9-25;/h1-5,10-12,23H,6-9,13-14H2;1H. The van der Waals surface area contributed by atoms with Gasteiger partial charge in [0, 0.05) is 50.9 Å². The molecule has 30 heavy (non-hydrogen) atoms. The van der Waals surface area contributed by atoms with Gasteiger partial charge in [-0.3, -0.25) is 4.98 Å². The highest BCUT2D eigenvalue weighted by Crippen LogP contribution is 2.31. The first-order valence-electron chi connectivity index (χ1n) is 9.64. The topological polar surface area (TPSA) is 65.5 Å². The normalized spacial score (nSPS) is 17.0. The highest BCUT2D eigenvalue weighted by molar-refractivity contribution is 7.89. The molecule has 0 unspecified atom stereocenters. The number of sulfonamides is 1. The van der Waals surface area contributed by atoms with Crippen molar-refractivity contribution in [2.45, 2.75) is 18.0 Å². The number of nitrogens with zero attached hydrogens (tertiary/aromatic N) is 3. The molecule has 0 saturated carbocycles. The molecule has 1 saturated heterocycles. The summed E-state index contributed by atoms with van der Waals surface area (Å²) in [6, 6.07) is 12.0. The van der Waals surface area contributed by atoms with Gasteiger partial charge in [-0.1, -0.05) is 18.2 Å². The van der Waals surface area contributed by atoms with Crippen molar-refractivity contribution in [3.05, 3.63) is 65.6 Å². The number of anilines is 1. The summed E-state index contributed by atoms with van der Waals surface area (Å²) in [5.41, 5.74) is 3.38. The molecule has 9 heteroatoms. The molecule has 0 amide bonds. The third-order valence-corrected chi connectivity index (χ3v) is 7.38. The van der Waals surface area contributed by atoms with E-state index < -0.39 is 10.0 Å². The van der Waals surface area contributed by atoms with Crippen LogP contribution in [0.4, 0.5) is 10.1 Å². The maximum Gasteiger partial charge on any atom is 0.245 e. The second kappa shape index (κ2) is 8.11. The fourth-order valence-electron chi connectivity index (χ4n) is 4.08. The zero-order valence-electron chi connectivity index (χ0n) is 16.2. The minimum Gasteiger partial charge on any atom is -0.367 e. The summed E-state index contributed by atoms with van der Waals surface area (Å²) in [5.74, 6) is -0.351. The van der Waals surface area contributed by atoms with Crippen LogP contribution in [-0.4, -0.2) is 43.9 Å². The van der Waals surface area contributed by atoms with Crippen molar-refractivity contribution in [3.8, 4) is 0 Å². The number of benzene rings is 2. The Morgan fingerprint density at radius 1 is 1.00 bits per heavy atom. The highest BCUT2D eigenvalue weighted by Gasteiger charge is 2.31. The summed E-state index contributed by atoms with van der Waals surface area (Å²) in [7, 11) is -3.72. The maximum atomic E-state index is 13.5. The van der Waals surface area contributed by atoms with Gasteiger partial charge < -0.3 is 10.2 Å². The Bertz CT molecular complexity index is 1200. The molecule has 6 nitrogen and oxygen atoms in total. The van der Waals surface area contributed by atoms with E-state index in [2.05, 4.69) is 15.2 Å². The predicted molar refractivity (Wildman–Crippen MR) is 117 cm³/mol. The molecular weight excluding hydrogens is 427 g/mol. The third kappa shape index (κ3) is 3.65. The molecule has 3 aromatic rings. The Labute approximate surface area is 181 Å². The van der Waals surface area contributed by atoms with Crippen molar-refractivity contribution in [2.24, 2.45) is 0 Å². The number of para-hydroxylation sites is 1. The molecule has 1 N–H and O–H groups in total. The lowest BCUT2D eigenvalue weighted by atomic mass is 10.1. The van der Waals surface area contributed by atoms with Gasteiger partial charge in [-0.2, -0.15) is 4.31 Å². The average molecular weight is 449 g/mol. The zero-order chi connectivity index (χ0) is 20.0. The molecule has 2 aliphatic heterocycles. The largest absolute Gasteiger partial charge is 0.367 e. The second-order valence-corrected chi connectivity index (χ2v) is 9.38. The van der Waals surface area contributed by atoms with Crippen LogP contribution in [0.2, 0.25) is 0 Å². The van der Waals surface area contributed by atoms with Gasteiger partial charge in [0.05, 0.1) is 11.2 Å². The lowest BCUT2D eigenvalue weighted by Gasteiger charge is -2.30. The Kier molecular flexibility index (Phi) is 5.67. The van der Waals surface area contributed by atoms with E-state index in [1.807, 2.05) is 18.2 Å². The van der Waals surface area contributed by atoms with E-state index in [1.54, 1.807) is 12.1 Å². The van der Waals surface area contributed by atoms with Crippen LogP contribution in [0.3, 0.4) is 0 Å². The maximum absolute atomic E-state index is 13.5. The van der Waals surface area contributed by atoms with Crippen LogP contribution in [-0.2, 0) is 23.1 Å². The zero-order valence-corrected chi connectivity index (χ0v) is 17.8. The fraction of sp³-hybridized carbons (Fsp3) is 0.286. The van der Waals surface area contributed by atoms with Gasteiger partial charge in [-0.25, -0.2) is 12.8 Å². The lowest BCUT2D eigenvalue weighted by Crippen LogP contribution is -2.43. The van der Waals surface area contributed by atoms with Crippen LogP contribution in [0.25, 0.3) is 10.9 Å². The average Bonchev–Trinajstić information content (AvgIpc) is 3.17. The van der Waals surface area contributed by atoms with Crippen LogP contribution >= 0.6 is 12.4 Å².